The zero-order valence-corrected chi connectivity index (χ0v) is 15.9. The van der Waals surface area contributed by atoms with E-state index in [0.29, 0.717) is 39.9 Å². The van der Waals surface area contributed by atoms with Crippen LogP contribution in [0.2, 0.25) is 5.02 Å². The summed E-state index contributed by atoms with van der Waals surface area (Å²) in [4.78, 5) is 20.2. The van der Waals surface area contributed by atoms with E-state index in [1.54, 1.807) is 43.8 Å². The predicted molar refractivity (Wildman–Crippen MR) is 108 cm³/mol. The van der Waals surface area contributed by atoms with E-state index in [4.69, 9.17) is 21.1 Å². The molecule has 0 bridgehead atoms. The third kappa shape index (κ3) is 3.57. The van der Waals surface area contributed by atoms with Gasteiger partial charge in [0, 0.05) is 33.9 Å². The van der Waals surface area contributed by atoms with Crippen molar-refractivity contribution in [3.05, 3.63) is 88.7 Å². The highest BCUT2D eigenvalue weighted by molar-refractivity contribution is 6.30. The summed E-state index contributed by atoms with van der Waals surface area (Å²) < 4.78 is 11.3. The molecule has 1 N–H and O–H groups in total. The minimum absolute atomic E-state index is 0.109. The van der Waals surface area contributed by atoms with Crippen LogP contribution in [0.1, 0.15) is 21.5 Å². The molecule has 0 atom stereocenters. The quantitative estimate of drug-likeness (QED) is 0.467. The van der Waals surface area contributed by atoms with Crippen molar-refractivity contribution in [1.29, 1.82) is 0 Å². The van der Waals surface area contributed by atoms with Gasteiger partial charge < -0.3 is 14.5 Å². The lowest BCUT2D eigenvalue weighted by atomic mass is 10.0. The Morgan fingerprint density at radius 2 is 1.93 bits per heavy atom. The number of aromatic amines is 1. The van der Waals surface area contributed by atoms with Gasteiger partial charge in [-0.25, -0.2) is 4.98 Å². The molecular formula is C22H17ClN2O3. The van der Waals surface area contributed by atoms with E-state index >= 15 is 0 Å². The van der Waals surface area contributed by atoms with Crippen LogP contribution in [-0.2, 0) is 6.61 Å². The van der Waals surface area contributed by atoms with E-state index in [0.717, 1.165) is 10.9 Å². The van der Waals surface area contributed by atoms with Crippen molar-refractivity contribution in [2.24, 2.45) is 0 Å². The normalized spacial score (nSPS) is 10.8. The number of pyridine rings is 1. The lowest BCUT2D eigenvalue weighted by Gasteiger charge is -2.12. The molecule has 0 fully saturated rings. The Balaban J connectivity index is 1.57. The van der Waals surface area contributed by atoms with E-state index in [2.05, 4.69) is 9.97 Å². The molecule has 2 aromatic carbocycles. The molecule has 0 saturated heterocycles. The second kappa shape index (κ2) is 7.74. The molecule has 28 heavy (non-hydrogen) atoms. The number of nitrogens with zero attached hydrogens (tertiary/aromatic N) is 1. The zero-order valence-electron chi connectivity index (χ0n) is 15.1. The van der Waals surface area contributed by atoms with Crippen LogP contribution in [0.5, 0.6) is 11.5 Å². The Kier molecular flexibility index (Phi) is 5.00. The van der Waals surface area contributed by atoms with Crippen molar-refractivity contribution in [3.63, 3.8) is 0 Å². The first-order valence-corrected chi connectivity index (χ1v) is 9.05. The van der Waals surface area contributed by atoms with Crippen molar-refractivity contribution in [2.45, 2.75) is 6.61 Å². The summed E-state index contributed by atoms with van der Waals surface area (Å²) in [6, 6.07) is 16.3. The van der Waals surface area contributed by atoms with E-state index in [9.17, 15) is 4.79 Å². The number of ether oxygens (including phenoxy) is 2. The number of rotatable bonds is 6. The van der Waals surface area contributed by atoms with Crippen LogP contribution in [0.15, 0.2) is 67.0 Å². The maximum absolute atomic E-state index is 13.0. The molecule has 4 rings (SSSR count). The van der Waals surface area contributed by atoms with Crippen molar-refractivity contribution in [3.8, 4) is 11.5 Å². The van der Waals surface area contributed by atoms with Crippen LogP contribution in [-0.4, -0.2) is 22.9 Å². The third-order valence-corrected chi connectivity index (χ3v) is 4.68. The van der Waals surface area contributed by atoms with Crippen molar-refractivity contribution < 1.29 is 14.3 Å². The Hall–Kier alpha value is -3.31. The molecule has 0 saturated carbocycles. The number of halogens is 1. The van der Waals surface area contributed by atoms with Gasteiger partial charge in [0.15, 0.2) is 17.3 Å². The summed E-state index contributed by atoms with van der Waals surface area (Å²) >= 11 is 5.90. The Bertz CT molecular complexity index is 1140. The minimum atomic E-state index is -0.109. The van der Waals surface area contributed by atoms with Crippen molar-refractivity contribution >= 4 is 28.4 Å². The Morgan fingerprint density at radius 1 is 1.11 bits per heavy atom. The summed E-state index contributed by atoms with van der Waals surface area (Å²) in [6.45, 7) is 0.370. The summed E-state index contributed by atoms with van der Waals surface area (Å²) in [5, 5.41) is 1.46. The van der Waals surface area contributed by atoms with Crippen LogP contribution < -0.4 is 9.47 Å². The average molecular weight is 393 g/mol. The fourth-order valence-electron chi connectivity index (χ4n) is 2.97. The lowest BCUT2D eigenvalue weighted by molar-refractivity contribution is 0.104. The molecule has 140 valence electrons. The maximum atomic E-state index is 13.0. The minimum Gasteiger partial charge on any atom is -0.493 e. The molecule has 6 heteroatoms. The second-order valence-electron chi connectivity index (χ2n) is 6.21. The number of H-pyrrole nitrogens is 1. The van der Waals surface area contributed by atoms with Gasteiger partial charge in [-0.15, -0.1) is 0 Å². The number of carbonyl (C=O) groups excluding carboxylic acids is 1. The topological polar surface area (TPSA) is 64.2 Å². The van der Waals surface area contributed by atoms with Crippen LogP contribution in [0.4, 0.5) is 0 Å². The van der Waals surface area contributed by atoms with Gasteiger partial charge in [-0.3, -0.25) is 4.79 Å². The van der Waals surface area contributed by atoms with E-state index < -0.39 is 0 Å². The first kappa shape index (κ1) is 18.1. The zero-order chi connectivity index (χ0) is 19.5. The van der Waals surface area contributed by atoms with Crippen LogP contribution in [0.25, 0.3) is 11.0 Å². The number of carbonyl (C=O) groups is 1. The van der Waals surface area contributed by atoms with Gasteiger partial charge in [-0.05, 0) is 48.0 Å². The van der Waals surface area contributed by atoms with Gasteiger partial charge in [-0.1, -0.05) is 23.7 Å². The summed E-state index contributed by atoms with van der Waals surface area (Å²) in [6.07, 6.45) is 3.36. The number of fused-ring (bicyclic) bond motifs is 1. The first-order valence-electron chi connectivity index (χ1n) is 8.68. The maximum Gasteiger partial charge on any atom is 0.195 e. The summed E-state index contributed by atoms with van der Waals surface area (Å²) in [5.41, 5.74) is 2.75. The van der Waals surface area contributed by atoms with Gasteiger partial charge in [0.05, 0.1) is 7.11 Å². The number of hydrogen-bond donors (Lipinski definition) is 1. The molecule has 4 aromatic rings. The highest BCUT2D eigenvalue weighted by atomic mass is 35.5. The number of nitrogens with one attached hydrogen (secondary N) is 1. The fourth-order valence-corrected chi connectivity index (χ4v) is 3.10. The molecule has 0 aliphatic rings. The first-order chi connectivity index (χ1) is 13.7. The SMILES string of the molecule is COc1cc(C(=O)c2c[nH]c3ncccc23)ccc1OCc1ccc(Cl)cc1. The molecule has 0 aliphatic carbocycles. The van der Waals surface area contributed by atoms with Gasteiger partial charge >= 0.3 is 0 Å². The molecule has 0 amide bonds. The van der Waals surface area contributed by atoms with Gasteiger partial charge in [0.1, 0.15) is 12.3 Å². The fraction of sp³-hybridized carbons (Fsp3) is 0.0909. The Morgan fingerprint density at radius 3 is 2.71 bits per heavy atom. The predicted octanol–water partition coefficient (Wildman–Crippen LogP) is 5.03. The molecule has 5 nitrogen and oxygen atoms in total. The molecule has 0 spiro atoms. The van der Waals surface area contributed by atoms with E-state index in [1.807, 2.05) is 30.3 Å². The van der Waals surface area contributed by atoms with E-state index in [-0.39, 0.29) is 5.78 Å². The smallest absolute Gasteiger partial charge is 0.195 e. The second-order valence-corrected chi connectivity index (χ2v) is 6.65. The van der Waals surface area contributed by atoms with Gasteiger partial charge in [0.2, 0.25) is 0 Å². The standard InChI is InChI=1S/C22H17ClN2O3/c1-27-20-11-15(21(26)18-12-25-22-17(18)3-2-10-24-22)6-9-19(20)28-13-14-4-7-16(23)8-5-14/h2-12H,13H2,1H3,(H,24,25). The average Bonchev–Trinajstić information content (AvgIpc) is 3.17. The number of hydrogen-bond acceptors (Lipinski definition) is 4. The van der Waals surface area contributed by atoms with Gasteiger partial charge in [0.25, 0.3) is 0 Å². The van der Waals surface area contributed by atoms with Gasteiger partial charge in [-0.2, -0.15) is 0 Å². The number of aromatic nitrogens is 2. The molecular weight excluding hydrogens is 376 g/mol. The number of ketones is 1. The van der Waals surface area contributed by atoms with Crippen molar-refractivity contribution in [2.75, 3.05) is 7.11 Å². The van der Waals surface area contributed by atoms with Crippen LogP contribution in [0.3, 0.4) is 0 Å². The molecule has 2 aromatic heterocycles. The van der Waals surface area contributed by atoms with Crippen LogP contribution in [0, 0.1) is 0 Å². The highest BCUT2D eigenvalue weighted by Crippen LogP contribution is 2.30. The van der Waals surface area contributed by atoms with E-state index in [1.165, 1.54) is 0 Å². The molecule has 2 heterocycles. The third-order valence-electron chi connectivity index (χ3n) is 4.43. The molecule has 0 unspecified atom stereocenters. The molecule has 0 radical (unpaired) electrons. The number of methoxy groups -OCH3 is 1. The summed E-state index contributed by atoms with van der Waals surface area (Å²) in [5.74, 6) is 0.953. The van der Waals surface area contributed by atoms with Crippen molar-refractivity contribution in [1.82, 2.24) is 9.97 Å². The van der Waals surface area contributed by atoms with Crippen LogP contribution >= 0.6 is 11.6 Å². The molecule has 0 aliphatic heterocycles. The Labute approximate surface area is 166 Å². The summed E-state index contributed by atoms with van der Waals surface area (Å²) in [7, 11) is 1.55. The largest absolute Gasteiger partial charge is 0.493 e. The highest BCUT2D eigenvalue weighted by Gasteiger charge is 2.17. The number of benzene rings is 2. The lowest BCUT2D eigenvalue weighted by Crippen LogP contribution is -2.03. The monoisotopic (exact) mass is 392 g/mol.